The van der Waals surface area contributed by atoms with Crippen molar-refractivity contribution in [1.29, 1.82) is 0 Å². The third-order valence-corrected chi connectivity index (χ3v) is 3.94. The molecule has 0 aliphatic rings. The van der Waals surface area contributed by atoms with Gasteiger partial charge in [0.05, 0.1) is 23.8 Å². The van der Waals surface area contributed by atoms with Gasteiger partial charge in [-0.3, -0.25) is 4.79 Å². The van der Waals surface area contributed by atoms with E-state index >= 15 is 0 Å². The van der Waals surface area contributed by atoms with Crippen LogP contribution in [0.25, 0.3) is 0 Å². The average molecular weight is 406 g/mol. The minimum atomic E-state index is -0.688. The Bertz CT molecular complexity index is 859. The van der Waals surface area contributed by atoms with Gasteiger partial charge < -0.3 is 19.5 Å². The molecule has 0 saturated carbocycles. The lowest BCUT2D eigenvalue weighted by Crippen LogP contribution is -2.21. The number of methoxy groups -OCH3 is 1. The maximum Gasteiger partial charge on any atom is 0.338 e. The lowest BCUT2D eigenvalue weighted by atomic mass is 10.1. The summed E-state index contributed by atoms with van der Waals surface area (Å²) in [4.78, 5) is 24.4. The Labute approximate surface area is 169 Å². The number of amides is 1. The molecule has 2 aromatic carbocycles. The molecule has 1 amide bonds. The molecular weight excluding hydrogens is 382 g/mol. The van der Waals surface area contributed by atoms with Crippen LogP contribution in [0, 0.1) is 13.8 Å². The van der Waals surface area contributed by atoms with Gasteiger partial charge in [-0.15, -0.1) is 0 Å². The summed E-state index contributed by atoms with van der Waals surface area (Å²) in [5.74, 6) is -0.459. The zero-order chi connectivity index (χ0) is 20.8. The van der Waals surface area contributed by atoms with Crippen molar-refractivity contribution < 1.29 is 23.8 Å². The summed E-state index contributed by atoms with van der Waals surface area (Å²) in [5.41, 5.74) is 2.87. The highest BCUT2D eigenvalue weighted by Crippen LogP contribution is 2.37. The van der Waals surface area contributed by atoms with Crippen LogP contribution in [0.2, 0.25) is 5.02 Å². The molecule has 0 heterocycles. The third kappa shape index (κ3) is 5.89. The van der Waals surface area contributed by atoms with E-state index in [4.69, 9.17) is 25.8 Å². The van der Waals surface area contributed by atoms with Crippen LogP contribution in [0.5, 0.6) is 11.5 Å². The molecule has 0 unspecified atom stereocenters. The predicted molar refractivity (Wildman–Crippen MR) is 109 cm³/mol. The molecule has 0 aliphatic carbocycles. The number of esters is 1. The van der Waals surface area contributed by atoms with E-state index in [0.29, 0.717) is 17.2 Å². The molecule has 0 aromatic heterocycles. The molecule has 7 heteroatoms. The zero-order valence-electron chi connectivity index (χ0n) is 16.6. The Morgan fingerprint density at radius 3 is 2.29 bits per heavy atom. The summed E-state index contributed by atoms with van der Waals surface area (Å²) in [7, 11) is 1.45. The van der Waals surface area contributed by atoms with Crippen LogP contribution in [0.1, 0.15) is 35.3 Å². The fourth-order valence-electron chi connectivity index (χ4n) is 2.65. The first-order chi connectivity index (χ1) is 13.2. The van der Waals surface area contributed by atoms with Crippen molar-refractivity contribution in [1.82, 2.24) is 0 Å². The first-order valence-electron chi connectivity index (χ1n) is 8.79. The van der Waals surface area contributed by atoms with Crippen LogP contribution in [0.3, 0.4) is 0 Å². The predicted octanol–water partition coefficient (Wildman–Crippen LogP) is 4.55. The highest BCUT2D eigenvalue weighted by atomic mass is 35.5. The number of carbonyl (C=O) groups is 2. The smallest absolute Gasteiger partial charge is 0.338 e. The average Bonchev–Trinajstić information content (AvgIpc) is 2.59. The Morgan fingerprint density at radius 2 is 1.71 bits per heavy atom. The van der Waals surface area contributed by atoms with Gasteiger partial charge in [0.25, 0.3) is 5.91 Å². The van der Waals surface area contributed by atoms with Gasteiger partial charge >= 0.3 is 5.97 Å². The first kappa shape index (κ1) is 21.6. The van der Waals surface area contributed by atoms with E-state index in [1.165, 1.54) is 19.2 Å². The van der Waals surface area contributed by atoms with Crippen molar-refractivity contribution in [3.8, 4) is 11.5 Å². The number of rotatable bonds is 7. The second-order valence-corrected chi connectivity index (χ2v) is 7.06. The van der Waals surface area contributed by atoms with Crippen molar-refractivity contribution in [3.63, 3.8) is 0 Å². The van der Waals surface area contributed by atoms with Crippen LogP contribution >= 0.6 is 11.6 Å². The van der Waals surface area contributed by atoms with Gasteiger partial charge in [-0.05, 0) is 63.1 Å². The number of hydrogen-bond donors (Lipinski definition) is 1. The number of aryl methyl sites for hydroxylation is 2. The second-order valence-electron chi connectivity index (χ2n) is 6.66. The van der Waals surface area contributed by atoms with E-state index in [1.54, 1.807) is 0 Å². The topological polar surface area (TPSA) is 73.9 Å². The summed E-state index contributed by atoms with van der Waals surface area (Å²) < 4.78 is 16.0. The highest BCUT2D eigenvalue weighted by Gasteiger charge is 2.18. The number of benzene rings is 2. The first-order valence-corrected chi connectivity index (χ1v) is 9.17. The molecular formula is C21H24ClNO5. The molecule has 2 rings (SSSR count). The highest BCUT2D eigenvalue weighted by molar-refractivity contribution is 6.32. The minimum absolute atomic E-state index is 0.113. The number of anilines is 1. The summed E-state index contributed by atoms with van der Waals surface area (Å²) >= 11 is 6.21. The minimum Gasteiger partial charge on any atom is -0.493 e. The number of ether oxygens (including phenoxy) is 3. The quantitative estimate of drug-likeness (QED) is 0.684. The summed E-state index contributed by atoms with van der Waals surface area (Å²) in [6.07, 6.45) is -0.113. The van der Waals surface area contributed by atoms with Crippen molar-refractivity contribution in [2.75, 3.05) is 19.0 Å². The molecule has 0 radical (unpaired) electrons. The molecule has 0 saturated heterocycles. The fraction of sp³-hybridized carbons (Fsp3) is 0.333. The molecule has 0 spiro atoms. The lowest BCUT2D eigenvalue weighted by Gasteiger charge is -2.16. The van der Waals surface area contributed by atoms with Gasteiger partial charge in [-0.2, -0.15) is 0 Å². The zero-order valence-corrected chi connectivity index (χ0v) is 17.3. The fourth-order valence-corrected chi connectivity index (χ4v) is 2.90. The SMILES string of the molecule is COc1cc(C(=O)OCC(=O)Nc2cc(C)cc(C)c2)cc(Cl)c1OC(C)C. The second kappa shape index (κ2) is 9.46. The largest absolute Gasteiger partial charge is 0.493 e. The van der Waals surface area contributed by atoms with Gasteiger partial charge in [0.15, 0.2) is 18.1 Å². The summed E-state index contributed by atoms with van der Waals surface area (Å²) in [5, 5.41) is 2.93. The maximum atomic E-state index is 12.3. The van der Waals surface area contributed by atoms with Crippen LogP contribution in [-0.2, 0) is 9.53 Å². The normalized spacial score (nSPS) is 10.5. The lowest BCUT2D eigenvalue weighted by molar-refractivity contribution is -0.119. The molecule has 0 bridgehead atoms. The molecule has 0 aliphatic heterocycles. The Balaban J connectivity index is 2.04. The van der Waals surface area contributed by atoms with E-state index in [-0.39, 0.29) is 16.7 Å². The number of halogens is 1. The van der Waals surface area contributed by atoms with Gasteiger partial charge in [0.1, 0.15) is 0 Å². The van der Waals surface area contributed by atoms with Crippen LogP contribution < -0.4 is 14.8 Å². The van der Waals surface area contributed by atoms with E-state index in [0.717, 1.165) is 11.1 Å². The number of carbonyl (C=O) groups excluding carboxylic acids is 2. The molecule has 150 valence electrons. The standard InChI is InChI=1S/C21H24ClNO5/c1-12(2)28-20-17(22)9-15(10-18(20)26-5)21(25)27-11-19(24)23-16-7-13(3)6-14(4)8-16/h6-10,12H,11H2,1-5H3,(H,23,24). The number of hydrogen-bond acceptors (Lipinski definition) is 5. The summed E-state index contributed by atoms with van der Waals surface area (Å²) in [6.45, 7) is 7.16. The molecule has 28 heavy (non-hydrogen) atoms. The monoisotopic (exact) mass is 405 g/mol. The Kier molecular flexibility index (Phi) is 7.29. The molecule has 0 atom stereocenters. The maximum absolute atomic E-state index is 12.3. The van der Waals surface area contributed by atoms with E-state index < -0.39 is 18.5 Å². The van der Waals surface area contributed by atoms with Crippen LogP contribution in [0.15, 0.2) is 30.3 Å². The van der Waals surface area contributed by atoms with Crippen molar-refractivity contribution in [2.45, 2.75) is 33.8 Å². The van der Waals surface area contributed by atoms with Crippen molar-refractivity contribution in [3.05, 3.63) is 52.0 Å². The molecule has 2 aromatic rings. The third-order valence-electron chi connectivity index (χ3n) is 3.66. The van der Waals surface area contributed by atoms with Gasteiger partial charge in [0, 0.05) is 5.69 Å². The van der Waals surface area contributed by atoms with Gasteiger partial charge in [0.2, 0.25) is 0 Å². The van der Waals surface area contributed by atoms with E-state index in [9.17, 15) is 9.59 Å². The van der Waals surface area contributed by atoms with Crippen molar-refractivity contribution >= 4 is 29.2 Å². The van der Waals surface area contributed by atoms with Crippen LogP contribution in [-0.4, -0.2) is 31.7 Å². The Morgan fingerprint density at radius 1 is 1.07 bits per heavy atom. The molecule has 0 fully saturated rings. The molecule has 6 nitrogen and oxygen atoms in total. The van der Waals surface area contributed by atoms with Gasteiger partial charge in [-0.25, -0.2) is 4.79 Å². The van der Waals surface area contributed by atoms with E-state index in [1.807, 2.05) is 45.9 Å². The number of nitrogens with one attached hydrogen (secondary N) is 1. The molecule has 1 N–H and O–H groups in total. The Hall–Kier alpha value is -2.73. The van der Waals surface area contributed by atoms with E-state index in [2.05, 4.69) is 5.32 Å². The van der Waals surface area contributed by atoms with Gasteiger partial charge in [-0.1, -0.05) is 17.7 Å². The summed E-state index contributed by atoms with van der Waals surface area (Å²) in [6, 6.07) is 8.56. The van der Waals surface area contributed by atoms with Crippen LogP contribution in [0.4, 0.5) is 5.69 Å². The van der Waals surface area contributed by atoms with Crippen molar-refractivity contribution in [2.24, 2.45) is 0 Å².